The predicted molar refractivity (Wildman–Crippen MR) is 105 cm³/mol. The third-order valence-electron chi connectivity index (χ3n) is 5.45. The Morgan fingerprint density at radius 3 is 1.54 bits per heavy atom. The summed E-state index contributed by atoms with van der Waals surface area (Å²) in [5.41, 5.74) is 2.85. The van der Waals surface area contributed by atoms with Crippen LogP contribution >= 0.6 is 0 Å². The van der Waals surface area contributed by atoms with Gasteiger partial charge in [0, 0.05) is 23.2 Å². The topological polar surface area (TPSA) is 25.8 Å². The monoisotopic (exact) mass is 332 g/mol. The molecule has 24 heavy (non-hydrogen) atoms. The molecule has 2 heteroatoms. The van der Waals surface area contributed by atoms with Crippen LogP contribution in [0.2, 0.25) is 0 Å². The molecule has 0 aliphatic carbocycles. The molecule has 1 aromatic rings. The number of aromatic nitrogens is 2. The SMILES string of the molecule is CC(C)C(C)(C)CC(C)(C)c1cncc(C(C)(C)CC(C)(C)C)n1. The van der Waals surface area contributed by atoms with E-state index in [1.54, 1.807) is 0 Å². The molecular weight excluding hydrogens is 292 g/mol. The van der Waals surface area contributed by atoms with Crippen molar-refractivity contribution in [2.45, 2.75) is 99.8 Å². The molecule has 0 fully saturated rings. The van der Waals surface area contributed by atoms with Gasteiger partial charge in [0.1, 0.15) is 0 Å². The molecule has 1 heterocycles. The van der Waals surface area contributed by atoms with Crippen LogP contribution in [0.1, 0.15) is 100 Å². The van der Waals surface area contributed by atoms with Gasteiger partial charge in [-0.25, -0.2) is 0 Å². The lowest BCUT2D eigenvalue weighted by Gasteiger charge is -2.38. The van der Waals surface area contributed by atoms with Crippen LogP contribution in [0.25, 0.3) is 0 Å². The number of hydrogen-bond donors (Lipinski definition) is 0. The first-order valence-corrected chi connectivity index (χ1v) is 9.40. The zero-order chi connectivity index (χ0) is 19.0. The van der Waals surface area contributed by atoms with E-state index in [0.717, 1.165) is 24.2 Å². The molecule has 0 aromatic carbocycles. The molecule has 2 nitrogen and oxygen atoms in total. The van der Waals surface area contributed by atoms with Crippen molar-refractivity contribution >= 4 is 0 Å². The van der Waals surface area contributed by atoms with Gasteiger partial charge in [-0.1, -0.05) is 76.2 Å². The summed E-state index contributed by atoms with van der Waals surface area (Å²) in [6.07, 6.45) is 6.12. The fraction of sp³-hybridized carbons (Fsp3) is 0.818. The zero-order valence-corrected chi connectivity index (χ0v) is 18.0. The highest BCUT2D eigenvalue weighted by Crippen LogP contribution is 2.41. The Hall–Kier alpha value is -0.920. The molecule has 1 aromatic heterocycles. The molecular formula is C22H40N2. The van der Waals surface area contributed by atoms with E-state index in [4.69, 9.17) is 4.98 Å². The maximum Gasteiger partial charge on any atom is 0.0646 e. The minimum atomic E-state index is 0.0224. The van der Waals surface area contributed by atoms with Gasteiger partial charge >= 0.3 is 0 Å². The van der Waals surface area contributed by atoms with Crippen molar-refractivity contribution in [2.24, 2.45) is 16.7 Å². The first kappa shape index (κ1) is 21.1. The highest BCUT2D eigenvalue weighted by Gasteiger charge is 2.35. The number of rotatable bonds is 6. The van der Waals surface area contributed by atoms with Crippen molar-refractivity contribution in [1.29, 1.82) is 0 Å². The van der Waals surface area contributed by atoms with Crippen LogP contribution in [0.3, 0.4) is 0 Å². The second-order valence-corrected chi connectivity index (χ2v) is 11.1. The van der Waals surface area contributed by atoms with E-state index in [1.807, 2.05) is 12.4 Å². The summed E-state index contributed by atoms with van der Waals surface area (Å²) >= 11 is 0. The van der Waals surface area contributed by atoms with E-state index in [-0.39, 0.29) is 21.7 Å². The van der Waals surface area contributed by atoms with Gasteiger partial charge in [-0.2, -0.15) is 0 Å². The lowest BCUT2D eigenvalue weighted by molar-refractivity contribution is 0.178. The van der Waals surface area contributed by atoms with Gasteiger partial charge in [0.05, 0.1) is 11.4 Å². The quantitative estimate of drug-likeness (QED) is 0.591. The molecule has 0 aliphatic heterocycles. The number of nitrogens with zero attached hydrogens (tertiary/aromatic N) is 2. The first-order valence-electron chi connectivity index (χ1n) is 9.40. The molecule has 0 unspecified atom stereocenters. The minimum Gasteiger partial charge on any atom is -0.261 e. The van der Waals surface area contributed by atoms with E-state index < -0.39 is 0 Å². The summed E-state index contributed by atoms with van der Waals surface area (Å²) in [7, 11) is 0. The first-order chi connectivity index (χ1) is 10.6. The molecule has 0 saturated carbocycles. The van der Waals surface area contributed by atoms with Crippen LogP contribution in [-0.2, 0) is 10.8 Å². The van der Waals surface area contributed by atoms with Crippen molar-refractivity contribution in [3.63, 3.8) is 0 Å². The highest BCUT2D eigenvalue weighted by molar-refractivity contribution is 5.19. The summed E-state index contributed by atoms with van der Waals surface area (Å²) < 4.78 is 0. The molecule has 0 amide bonds. The highest BCUT2D eigenvalue weighted by atomic mass is 14.8. The van der Waals surface area contributed by atoms with Crippen molar-refractivity contribution in [3.8, 4) is 0 Å². The Labute approximate surface area is 150 Å². The van der Waals surface area contributed by atoms with Crippen LogP contribution in [0.4, 0.5) is 0 Å². The normalized spacial score (nSPS) is 14.3. The standard InChI is InChI=1S/C22H40N2/c1-16(2)20(6,7)15-22(10,11)18-13-23-12-17(24-18)21(8,9)14-19(3,4)5/h12-13,16H,14-15H2,1-11H3. The lowest BCUT2D eigenvalue weighted by atomic mass is 9.68. The van der Waals surface area contributed by atoms with Crippen LogP contribution in [0.15, 0.2) is 12.4 Å². The molecule has 0 radical (unpaired) electrons. The second kappa shape index (κ2) is 6.77. The predicted octanol–water partition coefficient (Wildman–Crippen LogP) is 6.54. The van der Waals surface area contributed by atoms with Gasteiger partial charge in [0.2, 0.25) is 0 Å². The average molecular weight is 333 g/mol. The smallest absolute Gasteiger partial charge is 0.0646 e. The Morgan fingerprint density at radius 2 is 1.17 bits per heavy atom. The summed E-state index contributed by atoms with van der Waals surface area (Å²) in [5, 5.41) is 0. The average Bonchev–Trinajstić information content (AvgIpc) is 2.34. The summed E-state index contributed by atoms with van der Waals surface area (Å²) in [4.78, 5) is 9.64. The fourth-order valence-electron chi connectivity index (χ4n) is 3.87. The molecule has 138 valence electrons. The maximum absolute atomic E-state index is 5.08. The third kappa shape index (κ3) is 5.57. The van der Waals surface area contributed by atoms with Crippen LogP contribution in [0.5, 0.6) is 0 Å². The summed E-state index contributed by atoms with van der Waals surface area (Å²) in [6.45, 7) is 25.4. The van der Waals surface area contributed by atoms with Gasteiger partial charge in [0.25, 0.3) is 0 Å². The van der Waals surface area contributed by atoms with E-state index >= 15 is 0 Å². The van der Waals surface area contributed by atoms with E-state index in [2.05, 4.69) is 81.1 Å². The molecule has 0 aliphatic rings. The lowest BCUT2D eigenvalue weighted by Crippen LogP contribution is -2.32. The van der Waals surface area contributed by atoms with Crippen molar-refractivity contribution in [1.82, 2.24) is 9.97 Å². The Balaban J connectivity index is 3.15. The Morgan fingerprint density at radius 1 is 0.750 bits per heavy atom. The van der Waals surface area contributed by atoms with Crippen molar-refractivity contribution in [2.75, 3.05) is 0 Å². The minimum absolute atomic E-state index is 0.0224. The Kier molecular flexibility index (Phi) is 5.96. The molecule has 1 rings (SSSR count). The van der Waals surface area contributed by atoms with Gasteiger partial charge in [-0.3, -0.25) is 9.97 Å². The van der Waals surface area contributed by atoms with Gasteiger partial charge < -0.3 is 0 Å². The largest absolute Gasteiger partial charge is 0.261 e. The fourth-order valence-corrected chi connectivity index (χ4v) is 3.87. The van der Waals surface area contributed by atoms with Gasteiger partial charge in [-0.05, 0) is 29.6 Å². The summed E-state index contributed by atoms with van der Waals surface area (Å²) in [6, 6.07) is 0. The summed E-state index contributed by atoms with van der Waals surface area (Å²) in [5.74, 6) is 0.644. The van der Waals surface area contributed by atoms with Crippen LogP contribution in [-0.4, -0.2) is 9.97 Å². The third-order valence-corrected chi connectivity index (χ3v) is 5.45. The van der Waals surface area contributed by atoms with E-state index in [0.29, 0.717) is 5.92 Å². The van der Waals surface area contributed by atoms with Crippen molar-refractivity contribution < 1.29 is 0 Å². The van der Waals surface area contributed by atoms with Gasteiger partial charge in [0.15, 0.2) is 0 Å². The second-order valence-electron chi connectivity index (χ2n) is 11.1. The zero-order valence-electron chi connectivity index (χ0n) is 18.0. The molecule has 0 spiro atoms. The maximum atomic E-state index is 5.08. The number of hydrogen-bond acceptors (Lipinski definition) is 2. The molecule has 0 atom stereocenters. The molecule has 0 N–H and O–H groups in total. The Bertz CT molecular complexity index is 545. The van der Waals surface area contributed by atoms with E-state index in [1.165, 1.54) is 0 Å². The molecule has 0 bridgehead atoms. The van der Waals surface area contributed by atoms with E-state index in [9.17, 15) is 0 Å². The van der Waals surface area contributed by atoms with Crippen molar-refractivity contribution in [3.05, 3.63) is 23.8 Å². The van der Waals surface area contributed by atoms with Crippen LogP contribution in [0, 0.1) is 16.7 Å². The van der Waals surface area contributed by atoms with Crippen LogP contribution < -0.4 is 0 Å². The van der Waals surface area contributed by atoms with Gasteiger partial charge in [-0.15, -0.1) is 0 Å². The molecule has 0 saturated heterocycles.